The molecule has 1 aliphatic heterocycles. The van der Waals surface area contributed by atoms with Gasteiger partial charge in [-0.05, 0) is 18.2 Å². The number of carbonyl (C=O) groups is 1. The lowest BCUT2D eigenvalue weighted by molar-refractivity contribution is 0.0990. The Morgan fingerprint density at radius 3 is 3.17 bits per heavy atom. The van der Waals surface area contributed by atoms with Gasteiger partial charge in [-0.25, -0.2) is 4.39 Å². The summed E-state index contributed by atoms with van der Waals surface area (Å²) in [4.78, 5) is 11.2. The summed E-state index contributed by atoms with van der Waals surface area (Å²) in [6, 6.07) is 4.06. The van der Waals surface area contributed by atoms with Crippen LogP contribution >= 0.6 is 0 Å². The van der Waals surface area contributed by atoms with Crippen molar-refractivity contribution in [2.45, 2.75) is 6.42 Å². The monoisotopic (exact) mass is 163 g/mol. The molecule has 2 rings (SSSR count). The second kappa shape index (κ2) is 2.59. The van der Waals surface area contributed by atoms with Gasteiger partial charge in [-0.3, -0.25) is 4.79 Å². The molecule has 2 radical (unpaired) electrons. The van der Waals surface area contributed by atoms with Gasteiger partial charge in [0, 0.05) is 17.7 Å². The van der Waals surface area contributed by atoms with Crippen LogP contribution in [-0.2, 0) is 0 Å². The van der Waals surface area contributed by atoms with Gasteiger partial charge >= 0.3 is 0 Å². The highest BCUT2D eigenvalue weighted by Crippen LogP contribution is 2.23. The van der Waals surface area contributed by atoms with E-state index in [4.69, 9.17) is 0 Å². The van der Waals surface area contributed by atoms with Crippen molar-refractivity contribution in [3.63, 3.8) is 0 Å². The molecule has 0 aromatic heterocycles. The first-order chi connectivity index (χ1) is 5.77. The van der Waals surface area contributed by atoms with E-state index in [0.717, 1.165) is 0 Å². The Labute approximate surface area is 69.4 Å². The Morgan fingerprint density at radius 2 is 2.33 bits per heavy atom. The molecule has 0 atom stereocenters. The van der Waals surface area contributed by atoms with Gasteiger partial charge in [0.2, 0.25) is 0 Å². The first-order valence-electron chi connectivity index (χ1n) is 3.59. The number of anilines is 1. The smallest absolute Gasteiger partial charge is 0.167 e. The van der Waals surface area contributed by atoms with Crippen molar-refractivity contribution >= 4 is 11.5 Å². The van der Waals surface area contributed by atoms with Crippen LogP contribution in [0.3, 0.4) is 0 Å². The summed E-state index contributed by atoms with van der Waals surface area (Å²) in [7, 11) is 0. The quantitative estimate of drug-likeness (QED) is 0.632. The molecular formula is C9H6FNO. The standard InChI is InChI=1S/C9H6FNO/c10-6-1-2-7-8(5-6)11-4-3-9(7)12/h1-2,5,11H,3H2. The van der Waals surface area contributed by atoms with Crippen molar-refractivity contribution in [1.82, 2.24) is 0 Å². The fourth-order valence-corrected chi connectivity index (χ4v) is 1.18. The van der Waals surface area contributed by atoms with Crippen LogP contribution in [0.15, 0.2) is 18.2 Å². The van der Waals surface area contributed by atoms with E-state index in [1.807, 2.05) is 0 Å². The average Bonchev–Trinajstić information content (AvgIpc) is 2.04. The maximum atomic E-state index is 12.6. The number of benzene rings is 1. The maximum absolute atomic E-state index is 12.6. The van der Waals surface area contributed by atoms with Gasteiger partial charge in [0.15, 0.2) is 5.78 Å². The van der Waals surface area contributed by atoms with Gasteiger partial charge in [-0.15, -0.1) is 0 Å². The van der Waals surface area contributed by atoms with Crippen LogP contribution in [0, 0.1) is 12.4 Å². The second-order valence-electron chi connectivity index (χ2n) is 2.59. The minimum atomic E-state index is -0.349. The number of halogens is 1. The third kappa shape index (κ3) is 1.07. The molecule has 3 heteroatoms. The van der Waals surface area contributed by atoms with Crippen LogP contribution in [0.25, 0.3) is 0 Å². The molecule has 1 heterocycles. The Balaban J connectivity index is 2.53. The van der Waals surface area contributed by atoms with E-state index in [9.17, 15) is 9.18 Å². The largest absolute Gasteiger partial charge is 0.374 e. The van der Waals surface area contributed by atoms with E-state index in [-0.39, 0.29) is 18.0 Å². The average molecular weight is 163 g/mol. The fraction of sp³-hybridized carbons (Fsp3) is 0.111. The van der Waals surface area contributed by atoms with Gasteiger partial charge < -0.3 is 5.32 Å². The summed E-state index contributed by atoms with van der Waals surface area (Å²) in [6.07, 6.45) is 0.249. The normalized spacial score (nSPS) is 15.2. The van der Waals surface area contributed by atoms with Crippen molar-refractivity contribution in [1.29, 1.82) is 0 Å². The molecule has 0 saturated heterocycles. The van der Waals surface area contributed by atoms with Gasteiger partial charge in [0.05, 0.1) is 6.54 Å². The predicted octanol–water partition coefficient (Wildman–Crippen LogP) is 1.86. The number of nitrogens with one attached hydrogen (secondary N) is 1. The van der Waals surface area contributed by atoms with E-state index in [1.54, 1.807) is 0 Å². The lowest BCUT2D eigenvalue weighted by Crippen LogP contribution is -2.13. The number of rotatable bonds is 0. The summed E-state index contributed by atoms with van der Waals surface area (Å²) in [6.45, 7) is 2.65. The SMILES string of the molecule is O=C1C[C]Nc2cc(F)ccc21. The molecule has 60 valence electrons. The molecule has 0 aliphatic carbocycles. The van der Waals surface area contributed by atoms with Crippen LogP contribution in [-0.4, -0.2) is 5.78 Å². The number of hydrogen-bond acceptors (Lipinski definition) is 2. The van der Waals surface area contributed by atoms with Crippen LogP contribution in [0.1, 0.15) is 16.8 Å². The summed E-state index contributed by atoms with van der Waals surface area (Å²) in [5.41, 5.74) is 1.04. The molecule has 0 fully saturated rings. The van der Waals surface area contributed by atoms with E-state index in [2.05, 4.69) is 11.9 Å². The molecular weight excluding hydrogens is 157 g/mol. The highest BCUT2D eigenvalue weighted by Gasteiger charge is 2.16. The van der Waals surface area contributed by atoms with Gasteiger partial charge in [0.25, 0.3) is 0 Å². The van der Waals surface area contributed by atoms with Crippen LogP contribution < -0.4 is 5.32 Å². The number of Topliss-reactive ketones (excluding diaryl/α,β-unsaturated/α-hetero) is 1. The van der Waals surface area contributed by atoms with Gasteiger partial charge in [-0.1, -0.05) is 0 Å². The van der Waals surface area contributed by atoms with Crippen molar-refractivity contribution in [3.8, 4) is 0 Å². The van der Waals surface area contributed by atoms with E-state index in [1.165, 1.54) is 18.2 Å². The van der Waals surface area contributed by atoms with Crippen LogP contribution in [0.4, 0.5) is 10.1 Å². The summed E-state index contributed by atoms with van der Waals surface area (Å²) in [5.74, 6) is -0.374. The van der Waals surface area contributed by atoms with E-state index >= 15 is 0 Å². The molecule has 1 aromatic rings. The molecule has 2 nitrogen and oxygen atoms in total. The third-order valence-corrected chi connectivity index (χ3v) is 1.75. The Hall–Kier alpha value is -1.38. The van der Waals surface area contributed by atoms with Crippen LogP contribution in [0.2, 0.25) is 0 Å². The summed E-state index contributed by atoms with van der Waals surface area (Å²) in [5, 5.41) is 2.72. The molecule has 0 unspecified atom stereocenters. The van der Waals surface area contributed by atoms with Gasteiger partial charge in [-0.2, -0.15) is 0 Å². The van der Waals surface area contributed by atoms with Crippen molar-refractivity contribution in [2.24, 2.45) is 0 Å². The zero-order valence-corrected chi connectivity index (χ0v) is 6.23. The van der Waals surface area contributed by atoms with Crippen LogP contribution in [0.5, 0.6) is 0 Å². The summed E-state index contributed by atoms with van der Waals surface area (Å²) >= 11 is 0. The molecule has 0 bridgehead atoms. The second-order valence-corrected chi connectivity index (χ2v) is 2.59. The number of fused-ring (bicyclic) bond motifs is 1. The molecule has 0 saturated carbocycles. The van der Waals surface area contributed by atoms with Crippen molar-refractivity contribution in [2.75, 3.05) is 5.32 Å². The maximum Gasteiger partial charge on any atom is 0.167 e. The topological polar surface area (TPSA) is 29.1 Å². The minimum absolute atomic E-state index is 0.0243. The van der Waals surface area contributed by atoms with Crippen molar-refractivity contribution in [3.05, 3.63) is 36.1 Å². The number of carbonyl (C=O) groups excluding carboxylic acids is 1. The zero-order valence-electron chi connectivity index (χ0n) is 6.23. The minimum Gasteiger partial charge on any atom is -0.374 e. The van der Waals surface area contributed by atoms with E-state index in [0.29, 0.717) is 11.3 Å². The third-order valence-electron chi connectivity index (χ3n) is 1.75. The molecule has 0 amide bonds. The Bertz CT molecular complexity index is 335. The first-order valence-corrected chi connectivity index (χ1v) is 3.59. The molecule has 1 aliphatic rings. The molecule has 1 aromatic carbocycles. The zero-order chi connectivity index (χ0) is 8.55. The Kier molecular flexibility index (Phi) is 1.57. The van der Waals surface area contributed by atoms with E-state index < -0.39 is 0 Å². The molecule has 1 N–H and O–H groups in total. The summed E-state index contributed by atoms with van der Waals surface area (Å²) < 4.78 is 12.6. The highest BCUT2D eigenvalue weighted by atomic mass is 19.1. The number of ketones is 1. The first kappa shape index (κ1) is 7.28. The molecule has 12 heavy (non-hydrogen) atoms. The predicted molar refractivity (Wildman–Crippen MR) is 42.2 cm³/mol. The van der Waals surface area contributed by atoms with Crippen molar-refractivity contribution < 1.29 is 9.18 Å². The van der Waals surface area contributed by atoms with Gasteiger partial charge in [0.1, 0.15) is 5.82 Å². The molecule has 0 spiro atoms. The Morgan fingerprint density at radius 1 is 1.50 bits per heavy atom. The fourth-order valence-electron chi connectivity index (χ4n) is 1.18. The lowest BCUT2D eigenvalue weighted by atomic mass is 10.0. The number of hydrogen-bond donors (Lipinski definition) is 1. The highest BCUT2D eigenvalue weighted by molar-refractivity contribution is 6.03. The lowest BCUT2D eigenvalue weighted by Gasteiger charge is -2.14.